The molecule has 1 amide bonds. The summed E-state index contributed by atoms with van der Waals surface area (Å²) in [5.41, 5.74) is 2.21. The Kier molecular flexibility index (Phi) is 3.71. The van der Waals surface area contributed by atoms with Crippen molar-refractivity contribution in [2.24, 2.45) is 0 Å². The van der Waals surface area contributed by atoms with E-state index < -0.39 is 5.82 Å². The number of aromatic nitrogens is 4. The predicted molar refractivity (Wildman–Crippen MR) is 99.5 cm³/mol. The van der Waals surface area contributed by atoms with E-state index in [1.165, 1.54) is 12.3 Å². The van der Waals surface area contributed by atoms with Gasteiger partial charge in [0.15, 0.2) is 0 Å². The largest absolute Gasteiger partial charge is 0.339 e. The SMILES string of the molecule is Cc1c(F)cc(-c2noc(C3CC3)n2)cc1NC(=O)c1cnn2ccccc12. The smallest absolute Gasteiger partial charge is 0.259 e. The maximum atomic E-state index is 14.5. The molecule has 0 bridgehead atoms. The molecule has 0 saturated heterocycles. The van der Waals surface area contributed by atoms with E-state index in [1.807, 2.05) is 12.1 Å². The molecule has 0 atom stereocenters. The fourth-order valence-corrected chi connectivity index (χ4v) is 3.09. The summed E-state index contributed by atoms with van der Waals surface area (Å²) in [6.45, 7) is 1.61. The number of nitrogens with zero attached hydrogens (tertiary/aromatic N) is 4. The summed E-state index contributed by atoms with van der Waals surface area (Å²) in [4.78, 5) is 17.1. The molecule has 3 heterocycles. The second-order valence-corrected chi connectivity index (χ2v) is 6.90. The molecule has 140 valence electrons. The molecule has 8 heteroatoms. The highest BCUT2D eigenvalue weighted by molar-refractivity contribution is 6.09. The van der Waals surface area contributed by atoms with Gasteiger partial charge < -0.3 is 9.84 Å². The molecule has 1 aliphatic rings. The summed E-state index contributed by atoms with van der Waals surface area (Å²) in [6.07, 6.45) is 5.31. The predicted octanol–water partition coefficient (Wildman–Crippen LogP) is 3.96. The standard InChI is InChI=1S/C20H16FN5O2/c1-11-15(21)8-13(18-24-20(28-25-18)12-5-6-12)9-16(11)23-19(27)14-10-22-26-7-3-2-4-17(14)26/h2-4,7-10,12H,5-6H2,1H3,(H,23,27). The monoisotopic (exact) mass is 377 g/mol. The van der Waals surface area contributed by atoms with E-state index in [9.17, 15) is 9.18 Å². The van der Waals surface area contributed by atoms with E-state index in [1.54, 1.807) is 29.8 Å². The van der Waals surface area contributed by atoms with Crippen LogP contribution >= 0.6 is 0 Å². The van der Waals surface area contributed by atoms with Gasteiger partial charge in [-0.2, -0.15) is 10.1 Å². The first kappa shape index (κ1) is 16.6. The van der Waals surface area contributed by atoms with Crippen molar-refractivity contribution in [3.63, 3.8) is 0 Å². The Morgan fingerprint density at radius 2 is 2.18 bits per heavy atom. The zero-order valence-electron chi connectivity index (χ0n) is 15.0. The van der Waals surface area contributed by atoms with E-state index in [4.69, 9.17) is 4.52 Å². The summed E-state index contributed by atoms with van der Waals surface area (Å²) in [5, 5.41) is 10.9. The van der Waals surface area contributed by atoms with Crippen molar-refractivity contribution in [1.29, 1.82) is 0 Å². The second kappa shape index (κ2) is 6.26. The first-order valence-corrected chi connectivity index (χ1v) is 8.98. The topological polar surface area (TPSA) is 85.3 Å². The number of rotatable bonds is 4. The van der Waals surface area contributed by atoms with Crippen LogP contribution in [0.4, 0.5) is 10.1 Å². The van der Waals surface area contributed by atoms with Gasteiger partial charge in [-0.3, -0.25) is 4.79 Å². The van der Waals surface area contributed by atoms with E-state index >= 15 is 0 Å². The molecule has 1 aliphatic carbocycles. The lowest BCUT2D eigenvalue weighted by Gasteiger charge is -2.10. The number of halogens is 1. The van der Waals surface area contributed by atoms with Crippen molar-refractivity contribution in [3.05, 3.63) is 65.6 Å². The van der Waals surface area contributed by atoms with Gasteiger partial charge in [0, 0.05) is 28.9 Å². The fourth-order valence-electron chi connectivity index (χ4n) is 3.09. The van der Waals surface area contributed by atoms with Crippen molar-refractivity contribution >= 4 is 17.1 Å². The molecule has 1 fully saturated rings. The van der Waals surface area contributed by atoms with E-state index in [2.05, 4.69) is 20.6 Å². The zero-order valence-corrected chi connectivity index (χ0v) is 15.0. The van der Waals surface area contributed by atoms with Crippen molar-refractivity contribution in [2.75, 3.05) is 5.32 Å². The quantitative estimate of drug-likeness (QED) is 0.582. The number of pyridine rings is 1. The average Bonchev–Trinajstić information content (AvgIpc) is 3.26. The molecule has 1 aromatic carbocycles. The second-order valence-electron chi connectivity index (χ2n) is 6.90. The minimum absolute atomic E-state index is 0.311. The molecule has 7 nitrogen and oxygen atoms in total. The highest BCUT2D eigenvalue weighted by Crippen LogP contribution is 2.39. The van der Waals surface area contributed by atoms with Gasteiger partial charge in [0.2, 0.25) is 11.7 Å². The first-order valence-electron chi connectivity index (χ1n) is 8.98. The molecule has 0 spiro atoms. The maximum absolute atomic E-state index is 14.5. The summed E-state index contributed by atoms with van der Waals surface area (Å²) in [5.74, 6) is 0.379. The number of nitrogens with one attached hydrogen (secondary N) is 1. The third kappa shape index (κ3) is 2.83. The minimum atomic E-state index is -0.453. The fraction of sp³-hybridized carbons (Fsp3) is 0.200. The highest BCUT2D eigenvalue weighted by atomic mass is 19.1. The van der Waals surface area contributed by atoms with Crippen LogP contribution < -0.4 is 5.32 Å². The lowest BCUT2D eigenvalue weighted by molar-refractivity contribution is 0.102. The normalized spacial score (nSPS) is 13.8. The summed E-state index contributed by atoms with van der Waals surface area (Å²) in [7, 11) is 0. The lowest BCUT2D eigenvalue weighted by atomic mass is 10.1. The number of fused-ring (bicyclic) bond motifs is 1. The number of hydrogen-bond donors (Lipinski definition) is 1. The number of carbonyl (C=O) groups excluding carboxylic acids is 1. The lowest BCUT2D eigenvalue weighted by Crippen LogP contribution is -2.13. The maximum Gasteiger partial charge on any atom is 0.259 e. The molecule has 3 aromatic heterocycles. The van der Waals surface area contributed by atoms with E-state index in [-0.39, 0.29) is 5.91 Å². The van der Waals surface area contributed by atoms with Crippen LogP contribution in [0.1, 0.15) is 40.6 Å². The molecule has 4 aromatic rings. The van der Waals surface area contributed by atoms with Gasteiger partial charge in [-0.05, 0) is 44.0 Å². The summed E-state index contributed by atoms with van der Waals surface area (Å²) >= 11 is 0. The van der Waals surface area contributed by atoms with Gasteiger partial charge in [-0.1, -0.05) is 11.2 Å². The van der Waals surface area contributed by atoms with Crippen LogP contribution in [0.2, 0.25) is 0 Å². The van der Waals surface area contributed by atoms with Crippen molar-refractivity contribution in [3.8, 4) is 11.4 Å². The third-order valence-electron chi connectivity index (χ3n) is 4.89. The van der Waals surface area contributed by atoms with Crippen LogP contribution in [0.3, 0.4) is 0 Å². The Labute approximate surface area is 159 Å². The first-order chi connectivity index (χ1) is 13.6. The van der Waals surface area contributed by atoms with E-state index in [0.717, 1.165) is 12.8 Å². The Hall–Kier alpha value is -3.55. The van der Waals surface area contributed by atoms with Gasteiger partial charge in [0.1, 0.15) is 5.82 Å². The van der Waals surface area contributed by atoms with Gasteiger partial charge in [-0.15, -0.1) is 0 Å². The van der Waals surface area contributed by atoms with Crippen molar-refractivity contribution in [2.45, 2.75) is 25.7 Å². The Morgan fingerprint density at radius 1 is 1.32 bits per heavy atom. The number of amides is 1. The number of carbonyl (C=O) groups is 1. The molecule has 1 N–H and O–H groups in total. The van der Waals surface area contributed by atoms with Gasteiger partial charge >= 0.3 is 0 Å². The zero-order chi connectivity index (χ0) is 19.3. The van der Waals surface area contributed by atoms with Crippen molar-refractivity contribution in [1.82, 2.24) is 19.8 Å². The third-order valence-corrected chi connectivity index (χ3v) is 4.89. The molecular formula is C20H16FN5O2. The molecule has 0 radical (unpaired) electrons. The van der Waals surface area contributed by atoms with Crippen LogP contribution in [0.5, 0.6) is 0 Å². The van der Waals surface area contributed by atoms with Gasteiger partial charge in [-0.25, -0.2) is 8.91 Å². The molecular weight excluding hydrogens is 361 g/mol. The Morgan fingerprint density at radius 3 is 3.00 bits per heavy atom. The molecule has 28 heavy (non-hydrogen) atoms. The molecule has 5 rings (SSSR count). The molecule has 0 unspecified atom stereocenters. The van der Waals surface area contributed by atoms with Crippen LogP contribution in [0, 0.1) is 12.7 Å². The van der Waals surface area contributed by atoms with Crippen LogP contribution in [-0.4, -0.2) is 25.7 Å². The number of anilines is 1. The summed E-state index contributed by atoms with van der Waals surface area (Å²) in [6, 6.07) is 8.45. The van der Waals surface area contributed by atoms with Crippen molar-refractivity contribution < 1.29 is 13.7 Å². The molecule has 1 saturated carbocycles. The Bertz CT molecular complexity index is 1210. The van der Waals surface area contributed by atoms with Crippen LogP contribution in [0.25, 0.3) is 16.9 Å². The minimum Gasteiger partial charge on any atom is -0.339 e. The van der Waals surface area contributed by atoms with E-state index in [0.29, 0.717) is 45.5 Å². The average molecular weight is 377 g/mol. The van der Waals surface area contributed by atoms with Crippen LogP contribution in [-0.2, 0) is 0 Å². The Balaban J connectivity index is 1.48. The number of hydrogen-bond acceptors (Lipinski definition) is 5. The molecule has 0 aliphatic heterocycles. The highest BCUT2D eigenvalue weighted by Gasteiger charge is 2.30. The number of benzene rings is 1. The summed E-state index contributed by atoms with van der Waals surface area (Å²) < 4.78 is 21.4. The van der Waals surface area contributed by atoms with Gasteiger partial charge in [0.25, 0.3) is 5.91 Å². The van der Waals surface area contributed by atoms with Gasteiger partial charge in [0.05, 0.1) is 17.3 Å². The van der Waals surface area contributed by atoms with Crippen LogP contribution in [0.15, 0.2) is 47.2 Å².